The molecule has 1 unspecified atom stereocenters. The fourth-order valence-corrected chi connectivity index (χ4v) is 3.76. The molecule has 1 saturated heterocycles. The zero-order valence-corrected chi connectivity index (χ0v) is 13.0. The van der Waals surface area contributed by atoms with Gasteiger partial charge >= 0.3 is 0 Å². The number of nitrogens with zero attached hydrogens (tertiary/aromatic N) is 4. The first-order chi connectivity index (χ1) is 11.2. The molecule has 0 saturated carbocycles. The van der Waals surface area contributed by atoms with Crippen LogP contribution in [0.2, 0.25) is 0 Å². The molecule has 120 valence electrons. The maximum Gasteiger partial charge on any atom is 0.245 e. The number of aromatic nitrogens is 3. The van der Waals surface area contributed by atoms with Gasteiger partial charge < -0.3 is 14.0 Å². The van der Waals surface area contributed by atoms with Gasteiger partial charge in [-0.1, -0.05) is 0 Å². The predicted octanol–water partition coefficient (Wildman–Crippen LogP) is 2.07. The Morgan fingerprint density at radius 3 is 2.74 bits per heavy atom. The van der Waals surface area contributed by atoms with Crippen molar-refractivity contribution in [2.75, 3.05) is 13.1 Å². The number of ketones is 1. The van der Waals surface area contributed by atoms with Crippen LogP contribution in [0.25, 0.3) is 0 Å². The van der Waals surface area contributed by atoms with Crippen LogP contribution < -0.4 is 0 Å². The fraction of sp³-hybridized carbons (Fsp3) is 0.471. The predicted molar refractivity (Wildman–Crippen MR) is 84.1 cm³/mol. The average Bonchev–Trinajstić information content (AvgIpc) is 3.27. The van der Waals surface area contributed by atoms with E-state index in [2.05, 4.69) is 9.55 Å². The standard InChI is InChI=1S/C17H20N4O2/c22-16-4-3-15(21-8-1-2-14(16)21)17(23)19-9-5-13(6-10-19)20-11-7-18-12-20/h1-2,7-8,11-13,15H,3-6,9-10H2. The van der Waals surface area contributed by atoms with Gasteiger partial charge in [-0.05, 0) is 31.4 Å². The Kier molecular flexibility index (Phi) is 3.52. The number of carbonyl (C=O) groups is 2. The number of likely N-dealkylation sites (tertiary alicyclic amines) is 1. The highest BCUT2D eigenvalue weighted by atomic mass is 16.2. The molecule has 2 aromatic heterocycles. The van der Waals surface area contributed by atoms with Crippen LogP contribution >= 0.6 is 0 Å². The molecule has 1 amide bonds. The van der Waals surface area contributed by atoms with E-state index < -0.39 is 0 Å². The first-order valence-electron chi connectivity index (χ1n) is 8.20. The van der Waals surface area contributed by atoms with Gasteiger partial charge in [0.15, 0.2) is 5.78 Å². The lowest BCUT2D eigenvalue weighted by atomic mass is 9.98. The minimum absolute atomic E-state index is 0.137. The second-order valence-electron chi connectivity index (χ2n) is 6.34. The Labute approximate surface area is 134 Å². The second-order valence-corrected chi connectivity index (χ2v) is 6.34. The van der Waals surface area contributed by atoms with Crippen molar-refractivity contribution in [1.29, 1.82) is 0 Å². The molecule has 0 radical (unpaired) electrons. The highest BCUT2D eigenvalue weighted by molar-refractivity contribution is 5.97. The maximum atomic E-state index is 12.9. The summed E-state index contributed by atoms with van der Waals surface area (Å²) < 4.78 is 3.99. The quantitative estimate of drug-likeness (QED) is 0.853. The van der Waals surface area contributed by atoms with E-state index in [1.165, 1.54) is 0 Å². The van der Waals surface area contributed by atoms with Crippen LogP contribution in [0, 0.1) is 0 Å². The molecule has 23 heavy (non-hydrogen) atoms. The van der Waals surface area contributed by atoms with Crippen molar-refractivity contribution in [3.05, 3.63) is 42.7 Å². The third kappa shape index (κ3) is 2.48. The highest BCUT2D eigenvalue weighted by Gasteiger charge is 2.34. The van der Waals surface area contributed by atoms with E-state index in [1.54, 1.807) is 6.20 Å². The number of Topliss-reactive ketones (excluding diaryl/α,β-unsaturated/α-hetero) is 1. The van der Waals surface area contributed by atoms with E-state index in [0.29, 0.717) is 24.6 Å². The van der Waals surface area contributed by atoms with E-state index >= 15 is 0 Å². The third-order valence-electron chi connectivity index (χ3n) is 5.05. The molecule has 4 heterocycles. The molecule has 0 spiro atoms. The number of imidazole rings is 1. The van der Waals surface area contributed by atoms with Crippen LogP contribution in [-0.4, -0.2) is 43.8 Å². The van der Waals surface area contributed by atoms with Crippen molar-refractivity contribution in [3.8, 4) is 0 Å². The molecule has 1 fully saturated rings. The van der Waals surface area contributed by atoms with E-state index in [-0.39, 0.29) is 17.7 Å². The highest BCUT2D eigenvalue weighted by Crippen LogP contribution is 2.29. The minimum atomic E-state index is -0.220. The van der Waals surface area contributed by atoms with Crippen molar-refractivity contribution in [3.63, 3.8) is 0 Å². The Morgan fingerprint density at radius 1 is 1.17 bits per heavy atom. The molecule has 2 aromatic rings. The molecule has 2 aliphatic heterocycles. The first-order valence-corrected chi connectivity index (χ1v) is 8.20. The van der Waals surface area contributed by atoms with Gasteiger partial charge in [0.25, 0.3) is 0 Å². The maximum absolute atomic E-state index is 12.9. The topological polar surface area (TPSA) is 60.1 Å². The van der Waals surface area contributed by atoms with Crippen molar-refractivity contribution in [2.45, 2.75) is 37.8 Å². The summed E-state index contributed by atoms with van der Waals surface area (Å²) in [7, 11) is 0. The van der Waals surface area contributed by atoms with E-state index in [1.807, 2.05) is 40.3 Å². The molecule has 0 aliphatic carbocycles. The van der Waals surface area contributed by atoms with Crippen LogP contribution in [0.4, 0.5) is 0 Å². The number of piperidine rings is 1. The van der Waals surface area contributed by atoms with E-state index in [0.717, 1.165) is 25.9 Å². The van der Waals surface area contributed by atoms with Crippen LogP contribution in [0.5, 0.6) is 0 Å². The number of hydrogen-bond acceptors (Lipinski definition) is 3. The van der Waals surface area contributed by atoms with Crippen molar-refractivity contribution in [2.24, 2.45) is 0 Å². The zero-order chi connectivity index (χ0) is 15.8. The van der Waals surface area contributed by atoms with Crippen molar-refractivity contribution in [1.82, 2.24) is 19.0 Å². The summed E-state index contributed by atoms with van der Waals surface area (Å²) in [6.07, 6.45) is 10.5. The van der Waals surface area contributed by atoms with Crippen molar-refractivity contribution < 1.29 is 9.59 Å². The van der Waals surface area contributed by atoms with Gasteiger partial charge in [0.05, 0.1) is 12.0 Å². The fourth-order valence-electron chi connectivity index (χ4n) is 3.76. The number of rotatable bonds is 2. The van der Waals surface area contributed by atoms with Crippen molar-refractivity contribution >= 4 is 11.7 Å². The lowest BCUT2D eigenvalue weighted by Crippen LogP contribution is -2.44. The SMILES string of the molecule is O=C1CCC(C(=O)N2CCC(n3ccnc3)CC2)n2cccc21. The van der Waals surface area contributed by atoms with Gasteiger partial charge in [0.1, 0.15) is 6.04 Å². The first kappa shape index (κ1) is 14.2. The number of fused-ring (bicyclic) bond motifs is 1. The Hall–Kier alpha value is -2.37. The molecular formula is C17H20N4O2. The Morgan fingerprint density at radius 2 is 2.00 bits per heavy atom. The minimum Gasteiger partial charge on any atom is -0.341 e. The molecule has 6 heteroatoms. The lowest BCUT2D eigenvalue weighted by Gasteiger charge is -2.36. The average molecular weight is 312 g/mol. The molecule has 4 rings (SSSR count). The molecule has 0 bridgehead atoms. The van der Waals surface area contributed by atoms with Crippen LogP contribution in [0.1, 0.15) is 48.3 Å². The second kappa shape index (κ2) is 5.68. The summed E-state index contributed by atoms with van der Waals surface area (Å²) in [5, 5.41) is 0. The van der Waals surface area contributed by atoms with Gasteiger partial charge in [-0.15, -0.1) is 0 Å². The summed E-state index contributed by atoms with van der Waals surface area (Å²) in [5.74, 6) is 0.289. The van der Waals surface area contributed by atoms with Gasteiger partial charge in [-0.3, -0.25) is 9.59 Å². The monoisotopic (exact) mass is 312 g/mol. The van der Waals surface area contributed by atoms with Crippen LogP contribution in [0.15, 0.2) is 37.1 Å². The molecule has 2 aliphatic rings. The number of hydrogen-bond donors (Lipinski definition) is 0. The number of carbonyl (C=O) groups excluding carboxylic acids is 2. The molecule has 1 atom stereocenters. The van der Waals surface area contributed by atoms with Gasteiger partial charge in [-0.25, -0.2) is 4.98 Å². The summed E-state index contributed by atoms with van der Waals surface area (Å²) in [4.78, 5) is 30.9. The smallest absolute Gasteiger partial charge is 0.245 e. The summed E-state index contributed by atoms with van der Waals surface area (Å²) >= 11 is 0. The summed E-state index contributed by atoms with van der Waals surface area (Å²) in [6.45, 7) is 1.53. The molecule has 0 N–H and O–H groups in total. The molecular weight excluding hydrogens is 292 g/mol. The third-order valence-corrected chi connectivity index (χ3v) is 5.05. The lowest BCUT2D eigenvalue weighted by molar-refractivity contribution is -0.136. The van der Waals surface area contributed by atoms with Gasteiger partial charge in [-0.2, -0.15) is 0 Å². The Bertz CT molecular complexity index is 711. The number of amides is 1. The van der Waals surface area contributed by atoms with Crippen LogP contribution in [-0.2, 0) is 4.79 Å². The summed E-state index contributed by atoms with van der Waals surface area (Å²) in [6, 6.07) is 3.87. The molecule has 0 aromatic carbocycles. The molecule has 6 nitrogen and oxygen atoms in total. The largest absolute Gasteiger partial charge is 0.341 e. The van der Waals surface area contributed by atoms with Gasteiger partial charge in [0, 0.05) is 44.1 Å². The van der Waals surface area contributed by atoms with Crippen LogP contribution in [0.3, 0.4) is 0 Å². The zero-order valence-electron chi connectivity index (χ0n) is 13.0. The van der Waals surface area contributed by atoms with E-state index in [4.69, 9.17) is 0 Å². The summed E-state index contributed by atoms with van der Waals surface area (Å²) in [5.41, 5.74) is 0.669. The normalized spacial score (nSPS) is 22.2. The van der Waals surface area contributed by atoms with E-state index in [9.17, 15) is 9.59 Å². The van der Waals surface area contributed by atoms with Gasteiger partial charge in [0.2, 0.25) is 5.91 Å². The Balaban J connectivity index is 1.45.